The minimum atomic E-state index is -0.443. The van der Waals surface area contributed by atoms with Crippen LogP contribution in [-0.2, 0) is 9.53 Å². The fourth-order valence-electron chi connectivity index (χ4n) is 2.14. The lowest BCUT2D eigenvalue weighted by Crippen LogP contribution is -2.13. The number of aryl methyl sites for hydroxylation is 1. The number of carbonyl (C=O) groups is 2. The molecule has 0 aliphatic heterocycles. The molecule has 1 heterocycles. The SMILES string of the molecule is Cc1ccccc1-n1ncc(C(=O)OCCCC(N)=O)c1C. The van der Waals surface area contributed by atoms with Crippen molar-refractivity contribution in [3.8, 4) is 5.69 Å². The Morgan fingerprint density at radius 1 is 1.27 bits per heavy atom. The number of hydrogen-bond donors (Lipinski definition) is 1. The molecule has 0 atom stereocenters. The van der Waals surface area contributed by atoms with Gasteiger partial charge >= 0.3 is 5.97 Å². The molecule has 1 amide bonds. The Kier molecular flexibility index (Phi) is 4.93. The molecule has 0 fully saturated rings. The highest BCUT2D eigenvalue weighted by atomic mass is 16.5. The average molecular weight is 301 g/mol. The highest BCUT2D eigenvalue weighted by Crippen LogP contribution is 2.18. The predicted octanol–water partition coefficient (Wildman–Crippen LogP) is 1.91. The molecule has 0 radical (unpaired) electrons. The fraction of sp³-hybridized carbons (Fsp3) is 0.312. The van der Waals surface area contributed by atoms with Gasteiger partial charge < -0.3 is 10.5 Å². The van der Waals surface area contributed by atoms with Crippen LogP contribution in [0.5, 0.6) is 0 Å². The lowest BCUT2D eigenvalue weighted by Gasteiger charge is -2.08. The van der Waals surface area contributed by atoms with Crippen LogP contribution in [0, 0.1) is 13.8 Å². The maximum Gasteiger partial charge on any atom is 0.341 e. The molecule has 0 unspecified atom stereocenters. The van der Waals surface area contributed by atoms with Gasteiger partial charge in [-0.3, -0.25) is 4.79 Å². The molecule has 0 saturated carbocycles. The first-order valence-electron chi connectivity index (χ1n) is 7.06. The molecule has 0 saturated heterocycles. The summed E-state index contributed by atoms with van der Waals surface area (Å²) in [5.41, 5.74) is 8.16. The number of hydrogen-bond acceptors (Lipinski definition) is 4. The molecule has 1 aromatic heterocycles. The molecule has 0 aliphatic rings. The Hall–Kier alpha value is -2.63. The Balaban J connectivity index is 2.09. The third-order valence-electron chi connectivity index (χ3n) is 3.37. The summed E-state index contributed by atoms with van der Waals surface area (Å²) in [6.07, 6.45) is 2.12. The van der Waals surface area contributed by atoms with E-state index < -0.39 is 11.9 Å². The van der Waals surface area contributed by atoms with Crippen LogP contribution in [0.2, 0.25) is 0 Å². The fourth-order valence-corrected chi connectivity index (χ4v) is 2.14. The van der Waals surface area contributed by atoms with Gasteiger partial charge in [-0.15, -0.1) is 0 Å². The van der Waals surface area contributed by atoms with Crippen molar-refractivity contribution >= 4 is 11.9 Å². The van der Waals surface area contributed by atoms with Gasteiger partial charge in [0.15, 0.2) is 0 Å². The molecule has 116 valence electrons. The normalized spacial score (nSPS) is 10.5. The zero-order valence-corrected chi connectivity index (χ0v) is 12.7. The van der Waals surface area contributed by atoms with E-state index in [0.29, 0.717) is 17.7 Å². The number of ether oxygens (including phenoxy) is 1. The van der Waals surface area contributed by atoms with Crippen LogP contribution in [0.3, 0.4) is 0 Å². The first kappa shape index (κ1) is 15.8. The Bertz CT molecular complexity index is 692. The lowest BCUT2D eigenvalue weighted by atomic mass is 10.2. The molecule has 2 rings (SSSR count). The van der Waals surface area contributed by atoms with Crippen molar-refractivity contribution in [3.05, 3.63) is 47.3 Å². The molecule has 0 bridgehead atoms. The van der Waals surface area contributed by atoms with Crippen LogP contribution in [0.1, 0.15) is 34.5 Å². The maximum absolute atomic E-state index is 12.0. The Morgan fingerprint density at radius 2 is 2.00 bits per heavy atom. The molecule has 2 aromatic rings. The summed E-state index contributed by atoms with van der Waals surface area (Å²) in [6, 6.07) is 7.80. The van der Waals surface area contributed by atoms with Gasteiger partial charge in [0.05, 0.1) is 24.2 Å². The lowest BCUT2D eigenvalue weighted by molar-refractivity contribution is -0.118. The third kappa shape index (κ3) is 3.52. The minimum Gasteiger partial charge on any atom is -0.462 e. The summed E-state index contributed by atoms with van der Waals surface area (Å²) >= 11 is 0. The molecule has 0 spiro atoms. The molecule has 0 aliphatic carbocycles. The van der Waals surface area contributed by atoms with E-state index in [1.165, 1.54) is 6.20 Å². The molecular weight excluding hydrogens is 282 g/mol. The van der Waals surface area contributed by atoms with Gasteiger partial charge in [-0.25, -0.2) is 9.48 Å². The quantitative estimate of drug-likeness (QED) is 0.652. The third-order valence-corrected chi connectivity index (χ3v) is 3.37. The van der Waals surface area contributed by atoms with E-state index in [-0.39, 0.29) is 13.0 Å². The summed E-state index contributed by atoms with van der Waals surface area (Å²) in [7, 11) is 0. The van der Waals surface area contributed by atoms with E-state index in [9.17, 15) is 9.59 Å². The summed E-state index contributed by atoms with van der Waals surface area (Å²) in [4.78, 5) is 22.7. The van der Waals surface area contributed by atoms with Crippen LogP contribution in [0.4, 0.5) is 0 Å². The summed E-state index contributed by atoms with van der Waals surface area (Å²) < 4.78 is 6.86. The van der Waals surface area contributed by atoms with Gasteiger partial charge in [-0.1, -0.05) is 18.2 Å². The number of esters is 1. The molecule has 2 N–H and O–H groups in total. The van der Waals surface area contributed by atoms with E-state index in [1.54, 1.807) is 4.68 Å². The van der Waals surface area contributed by atoms with Gasteiger partial charge in [0.2, 0.25) is 5.91 Å². The van der Waals surface area contributed by atoms with Gasteiger partial charge in [-0.2, -0.15) is 5.10 Å². The van der Waals surface area contributed by atoms with E-state index in [0.717, 1.165) is 11.3 Å². The van der Waals surface area contributed by atoms with Gasteiger partial charge in [0.25, 0.3) is 0 Å². The minimum absolute atomic E-state index is 0.163. The van der Waals surface area contributed by atoms with Crippen molar-refractivity contribution in [1.82, 2.24) is 9.78 Å². The van der Waals surface area contributed by atoms with E-state index in [2.05, 4.69) is 5.10 Å². The van der Waals surface area contributed by atoms with Crippen molar-refractivity contribution in [3.63, 3.8) is 0 Å². The summed E-state index contributed by atoms with van der Waals surface area (Å²) in [6.45, 7) is 3.97. The van der Waals surface area contributed by atoms with Crippen molar-refractivity contribution in [2.45, 2.75) is 26.7 Å². The Labute approximate surface area is 128 Å². The molecular formula is C16H19N3O3. The second-order valence-corrected chi connectivity index (χ2v) is 5.05. The highest BCUT2D eigenvalue weighted by molar-refractivity contribution is 5.90. The maximum atomic E-state index is 12.0. The summed E-state index contributed by atoms with van der Waals surface area (Å²) in [5.74, 6) is -0.846. The van der Waals surface area contributed by atoms with Crippen molar-refractivity contribution < 1.29 is 14.3 Å². The van der Waals surface area contributed by atoms with Crippen LogP contribution < -0.4 is 5.73 Å². The Morgan fingerprint density at radius 3 is 2.68 bits per heavy atom. The number of para-hydroxylation sites is 1. The number of carbonyl (C=O) groups excluding carboxylic acids is 2. The topological polar surface area (TPSA) is 87.2 Å². The second kappa shape index (κ2) is 6.89. The van der Waals surface area contributed by atoms with Crippen LogP contribution >= 0.6 is 0 Å². The van der Waals surface area contributed by atoms with E-state index in [4.69, 9.17) is 10.5 Å². The molecule has 6 nitrogen and oxygen atoms in total. The smallest absolute Gasteiger partial charge is 0.341 e. The number of benzene rings is 1. The number of nitrogens with two attached hydrogens (primary N) is 1. The zero-order chi connectivity index (χ0) is 16.1. The average Bonchev–Trinajstić information content (AvgIpc) is 2.85. The van der Waals surface area contributed by atoms with E-state index >= 15 is 0 Å². The number of rotatable bonds is 6. The number of aromatic nitrogens is 2. The first-order valence-corrected chi connectivity index (χ1v) is 7.06. The van der Waals surface area contributed by atoms with E-state index in [1.807, 2.05) is 38.1 Å². The van der Waals surface area contributed by atoms with Crippen LogP contribution in [-0.4, -0.2) is 28.3 Å². The molecule has 22 heavy (non-hydrogen) atoms. The summed E-state index contributed by atoms with van der Waals surface area (Å²) in [5, 5.41) is 4.27. The van der Waals surface area contributed by atoms with Gasteiger partial charge in [0.1, 0.15) is 5.56 Å². The zero-order valence-electron chi connectivity index (χ0n) is 12.7. The van der Waals surface area contributed by atoms with Crippen molar-refractivity contribution in [2.24, 2.45) is 5.73 Å². The van der Waals surface area contributed by atoms with Gasteiger partial charge in [-0.05, 0) is 31.9 Å². The standard InChI is InChI=1S/C16H19N3O3/c1-11-6-3-4-7-14(11)19-12(2)13(10-18-19)16(21)22-9-5-8-15(17)20/h3-4,6-7,10H,5,8-9H2,1-2H3,(H2,17,20). The molecule has 6 heteroatoms. The van der Waals surface area contributed by atoms with Crippen LogP contribution in [0.25, 0.3) is 5.69 Å². The molecule has 1 aromatic carbocycles. The first-order chi connectivity index (χ1) is 10.5. The second-order valence-electron chi connectivity index (χ2n) is 5.05. The number of nitrogens with zero attached hydrogens (tertiary/aromatic N) is 2. The predicted molar refractivity (Wildman–Crippen MR) is 81.7 cm³/mol. The number of primary amides is 1. The van der Waals surface area contributed by atoms with Crippen LogP contribution in [0.15, 0.2) is 30.5 Å². The van der Waals surface area contributed by atoms with Crippen molar-refractivity contribution in [2.75, 3.05) is 6.61 Å². The monoisotopic (exact) mass is 301 g/mol. The van der Waals surface area contributed by atoms with Crippen molar-refractivity contribution in [1.29, 1.82) is 0 Å². The highest BCUT2D eigenvalue weighted by Gasteiger charge is 2.17. The number of amides is 1. The largest absolute Gasteiger partial charge is 0.462 e. The van der Waals surface area contributed by atoms with Gasteiger partial charge in [0, 0.05) is 6.42 Å².